The van der Waals surface area contributed by atoms with Crippen molar-refractivity contribution in [2.45, 2.75) is 33.2 Å². The summed E-state index contributed by atoms with van der Waals surface area (Å²) in [5.41, 5.74) is 2.38. The van der Waals surface area contributed by atoms with E-state index in [1.807, 2.05) is 26.0 Å². The lowest BCUT2D eigenvalue weighted by Crippen LogP contribution is -2.08. The summed E-state index contributed by atoms with van der Waals surface area (Å²) in [5.74, 6) is 1.26. The third kappa shape index (κ3) is 4.24. The van der Waals surface area contributed by atoms with Crippen molar-refractivity contribution in [3.05, 3.63) is 59.2 Å². The lowest BCUT2D eigenvalue weighted by Gasteiger charge is -2.16. The molecule has 0 amide bonds. The van der Waals surface area contributed by atoms with Gasteiger partial charge in [0.25, 0.3) is 0 Å². The number of nitriles is 1. The number of benzene rings is 2. The number of nitrogens with zero attached hydrogens (tertiary/aromatic N) is 1. The quantitative estimate of drug-likeness (QED) is 0.887. The molecule has 2 aromatic carbocycles. The summed E-state index contributed by atoms with van der Waals surface area (Å²) in [7, 11) is 0. The Labute approximate surface area is 130 Å². The number of hydrogen-bond donors (Lipinski definition) is 1. The summed E-state index contributed by atoms with van der Waals surface area (Å²) in [4.78, 5) is 0. The fourth-order valence-electron chi connectivity index (χ4n) is 1.95. The van der Waals surface area contributed by atoms with E-state index in [-0.39, 0.29) is 12.7 Å². The molecule has 1 N–H and O–H groups in total. The van der Waals surface area contributed by atoms with Crippen LogP contribution >= 0.6 is 0 Å². The molecule has 0 fully saturated rings. The Kier molecular flexibility index (Phi) is 5.40. The van der Waals surface area contributed by atoms with Crippen molar-refractivity contribution in [3.63, 3.8) is 0 Å². The molecule has 0 atom stereocenters. The second-order valence-corrected chi connectivity index (χ2v) is 5.20. The van der Waals surface area contributed by atoms with Gasteiger partial charge in [-0.2, -0.15) is 5.26 Å². The first-order valence-corrected chi connectivity index (χ1v) is 7.14. The van der Waals surface area contributed by atoms with Gasteiger partial charge in [0.15, 0.2) is 11.5 Å². The average Bonchev–Trinajstić information content (AvgIpc) is 2.53. The van der Waals surface area contributed by atoms with E-state index in [0.29, 0.717) is 23.7 Å². The smallest absolute Gasteiger partial charge is 0.161 e. The molecule has 0 heterocycles. The van der Waals surface area contributed by atoms with Crippen LogP contribution in [0.5, 0.6) is 11.5 Å². The number of rotatable bonds is 6. The minimum atomic E-state index is -0.0373. The van der Waals surface area contributed by atoms with Crippen LogP contribution in [-0.4, -0.2) is 11.2 Å². The van der Waals surface area contributed by atoms with Crippen LogP contribution in [0.15, 0.2) is 42.5 Å². The van der Waals surface area contributed by atoms with Gasteiger partial charge in [0.05, 0.1) is 24.3 Å². The van der Waals surface area contributed by atoms with Gasteiger partial charge in [-0.3, -0.25) is 0 Å². The van der Waals surface area contributed by atoms with Gasteiger partial charge in [0, 0.05) is 0 Å². The van der Waals surface area contributed by atoms with E-state index in [9.17, 15) is 5.11 Å². The second-order valence-electron chi connectivity index (χ2n) is 5.20. The zero-order valence-electron chi connectivity index (χ0n) is 12.7. The highest BCUT2D eigenvalue weighted by molar-refractivity contribution is 5.43. The average molecular weight is 297 g/mol. The molecule has 0 aliphatic heterocycles. The molecule has 0 saturated heterocycles. The molecule has 0 saturated carbocycles. The fourth-order valence-corrected chi connectivity index (χ4v) is 1.95. The third-order valence-corrected chi connectivity index (χ3v) is 3.03. The van der Waals surface area contributed by atoms with Crippen LogP contribution in [0.4, 0.5) is 0 Å². The number of ether oxygens (including phenoxy) is 2. The first-order valence-electron chi connectivity index (χ1n) is 7.14. The van der Waals surface area contributed by atoms with Crippen molar-refractivity contribution in [1.82, 2.24) is 0 Å². The molecule has 0 aromatic heterocycles. The first kappa shape index (κ1) is 15.9. The first-order chi connectivity index (χ1) is 10.6. The van der Waals surface area contributed by atoms with Crippen LogP contribution in [0.3, 0.4) is 0 Å². The minimum absolute atomic E-state index is 0.0196. The molecule has 0 spiro atoms. The van der Waals surface area contributed by atoms with E-state index in [2.05, 4.69) is 6.07 Å². The maximum atomic E-state index is 9.22. The Bertz CT molecular complexity index is 657. The number of aliphatic hydroxyl groups is 1. The van der Waals surface area contributed by atoms with E-state index >= 15 is 0 Å². The summed E-state index contributed by atoms with van der Waals surface area (Å²) >= 11 is 0. The SMILES string of the molecule is CC(C)Oc1cc(CO)ccc1OCc1ccc(C#N)cc1. The zero-order chi connectivity index (χ0) is 15.9. The Morgan fingerprint density at radius 2 is 1.73 bits per heavy atom. The summed E-state index contributed by atoms with van der Waals surface area (Å²) in [6, 6.07) is 14.7. The lowest BCUT2D eigenvalue weighted by atomic mass is 10.1. The van der Waals surface area contributed by atoms with Crippen LogP contribution in [-0.2, 0) is 13.2 Å². The maximum absolute atomic E-state index is 9.22. The number of hydrogen-bond acceptors (Lipinski definition) is 4. The molecule has 22 heavy (non-hydrogen) atoms. The van der Waals surface area contributed by atoms with E-state index in [1.165, 1.54) is 0 Å². The van der Waals surface area contributed by atoms with Crippen molar-refractivity contribution in [3.8, 4) is 17.6 Å². The van der Waals surface area contributed by atoms with E-state index in [1.54, 1.807) is 30.3 Å². The largest absolute Gasteiger partial charge is 0.487 e. The Balaban J connectivity index is 2.12. The highest BCUT2D eigenvalue weighted by Gasteiger charge is 2.09. The monoisotopic (exact) mass is 297 g/mol. The maximum Gasteiger partial charge on any atom is 0.161 e. The van der Waals surface area contributed by atoms with Gasteiger partial charge >= 0.3 is 0 Å². The van der Waals surface area contributed by atoms with Crippen molar-refractivity contribution in [2.24, 2.45) is 0 Å². The zero-order valence-corrected chi connectivity index (χ0v) is 12.7. The van der Waals surface area contributed by atoms with Crippen LogP contribution in [0.1, 0.15) is 30.5 Å². The van der Waals surface area contributed by atoms with Crippen molar-refractivity contribution >= 4 is 0 Å². The van der Waals surface area contributed by atoms with Crippen LogP contribution in [0.25, 0.3) is 0 Å². The standard InChI is InChI=1S/C18H19NO3/c1-13(2)22-18-9-16(11-20)7-8-17(18)21-12-15-5-3-14(10-19)4-6-15/h3-9,13,20H,11-12H2,1-2H3. The molecule has 4 nitrogen and oxygen atoms in total. The Hall–Kier alpha value is -2.51. The highest BCUT2D eigenvalue weighted by Crippen LogP contribution is 2.30. The lowest BCUT2D eigenvalue weighted by molar-refractivity contribution is 0.216. The Morgan fingerprint density at radius 3 is 2.32 bits per heavy atom. The molecule has 114 valence electrons. The molecule has 0 unspecified atom stereocenters. The van der Waals surface area contributed by atoms with Crippen molar-refractivity contribution in [2.75, 3.05) is 0 Å². The van der Waals surface area contributed by atoms with E-state index < -0.39 is 0 Å². The van der Waals surface area contributed by atoms with E-state index in [4.69, 9.17) is 14.7 Å². The normalized spacial score (nSPS) is 10.3. The molecule has 0 bridgehead atoms. The Morgan fingerprint density at radius 1 is 1.05 bits per heavy atom. The van der Waals surface area contributed by atoms with Crippen molar-refractivity contribution < 1.29 is 14.6 Å². The van der Waals surface area contributed by atoms with Gasteiger partial charge in [-0.15, -0.1) is 0 Å². The van der Waals surface area contributed by atoms with Crippen LogP contribution in [0, 0.1) is 11.3 Å². The van der Waals surface area contributed by atoms with Crippen LogP contribution in [0.2, 0.25) is 0 Å². The summed E-state index contributed by atoms with van der Waals surface area (Å²) in [6.45, 7) is 4.23. The summed E-state index contributed by atoms with van der Waals surface area (Å²) in [5, 5.41) is 18.0. The topological polar surface area (TPSA) is 62.5 Å². The van der Waals surface area contributed by atoms with Gasteiger partial charge in [-0.05, 0) is 49.2 Å². The molecule has 0 radical (unpaired) electrons. The van der Waals surface area contributed by atoms with E-state index in [0.717, 1.165) is 11.1 Å². The predicted octanol–water partition coefficient (Wildman–Crippen LogP) is 3.42. The van der Waals surface area contributed by atoms with Gasteiger partial charge in [-0.1, -0.05) is 18.2 Å². The predicted molar refractivity (Wildman–Crippen MR) is 83.6 cm³/mol. The van der Waals surface area contributed by atoms with Gasteiger partial charge in [-0.25, -0.2) is 0 Å². The number of aliphatic hydroxyl groups excluding tert-OH is 1. The summed E-state index contributed by atoms with van der Waals surface area (Å²) in [6.07, 6.45) is 0.0196. The molecule has 0 aliphatic rings. The molecular formula is C18H19NO3. The second kappa shape index (κ2) is 7.48. The molecule has 2 rings (SSSR count). The van der Waals surface area contributed by atoms with Crippen LogP contribution < -0.4 is 9.47 Å². The highest BCUT2D eigenvalue weighted by atomic mass is 16.5. The summed E-state index contributed by atoms with van der Waals surface area (Å²) < 4.78 is 11.5. The van der Waals surface area contributed by atoms with Gasteiger partial charge in [0.2, 0.25) is 0 Å². The van der Waals surface area contributed by atoms with Gasteiger partial charge < -0.3 is 14.6 Å². The van der Waals surface area contributed by atoms with Crippen molar-refractivity contribution in [1.29, 1.82) is 5.26 Å². The molecular weight excluding hydrogens is 278 g/mol. The molecule has 4 heteroatoms. The fraction of sp³-hybridized carbons (Fsp3) is 0.278. The third-order valence-electron chi connectivity index (χ3n) is 3.03. The molecule has 0 aliphatic carbocycles. The molecule has 2 aromatic rings. The van der Waals surface area contributed by atoms with Gasteiger partial charge in [0.1, 0.15) is 6.61 Å². The minimum Gasteiger partial charge on any atom is -0.487 e.